The summed E-state index contributed by atoms with van der Waals surface area (Å²) in [5, 5.41) is 0.280. The number of nitrogens with two attached hydrogens (primary N) is 1. The largest absolute Gasteiger partial charge is 0.430 e. The first-order chi connectivity index (χ1) is 8.72. The summed E-state index contributed by atoms with van der Waals surface area (Å²) in [7, 11) is -1.21. The average Bonchev–Trinajstić information content (AvgIpc) is 2.96. The van der Waals surface area contributed by atoms with Crippen molar-refractivity contribution in [3.05, 3.63) is 18.2 Å². The summed E-state index contributed by atoms with van der Waals surface area (Å²) in [6.07, 6.45) is 0.957. The summed E-state index contributed by atoms with van der Waals surface area (Å²) in [5.41, 5.74) is 7.56. The highest BCUT2D eigenvalue weighted by atomic mass is 32.2. The lowest BCUT2D eigenvalue weighted by Gasteiger charge is -2.03. The van der Waals surface area contributed by atoms with Crippen LogP contribution in [0.15, 0.2) is 27.8 Å². The minimum Gasteiger partial charge on any atom is -0.430 e. The van der Waals surface area contributed by atoms with Gasteiger partial charge in [0.05, 0.1) is 6.61 Å². The van der Waals surface area contributed by atoms with E-state index in [9.17, 15) is 4.21 Å². The predicted octanol–water partition coefficient (Wildman–Crippen LogP) is 1.55. The zero-order valence-electron chi connectivity index (χ0n) is 9.80. The van der Waals surface area contributed by atoms with E-state index in [4.69, 9.17) is 14.9 Å². The second-order valence-electron chi connectivity index (χ2n) is 4.45. The van der Waals surface area contributed by atoms with Crippen LogP contribution < -0.4 is 5.73 Å². The van der Waals surface area contributed by atoms with Gasteiger partial charge in [0.15, 0.2) is 5.58 Å². The van der Waals surface area contributed by atoms with Gasteiger partial charge in [0, 0.05) is 18.0 Å². The van der Waals surface area contributed by atoms with Gasteiger partial charge in [-0.15, -0.1) is 0 Å². The lowest BCUT2D eigenvalue weighted by atomic mass is 10.2. The topological polar surface area (TPSA) is 78.3 Å². The SMILES string of the molecule is Nc1ccc2oc(S(=O)CC3CCOC3)nc2c1. The van der Waals surface area contributed by atoms with Gasteiger partial charge >= 0.3 is 0 Å². The summed E-state index contributed by atoms with van der Waals surface area (Å²) in [6.45, 7) is 1.44. The Balaban J connectivity index is 1.82. The first-order valence-electron chi connectivity index (χ1n) is 5.84. The number of hydrogen-bond acceptors (Lipinski definition) is 5. The molecule has 2 heterocycles. The van der Waals surface area contributed by atoms with Gasteiger partial charge in [-0.3, -0.25) is 0 Å². The third kappa shape index (κ3) is 2.26. The smallest absolute Gasteiger partial charge is 0.287 e. The molecule has 2 aromatic rings. The van der Waals surface area contributed by atoms with Gasteiger partial charge in [0.25, 0.3) is 5.22 Å². The first kappa shape index (κ1) is 11.7. The fraction of sp³-hybridized carbons (Fsp3) is 0.417. The van der Waals surface area contributed by atoms with Crippen molar-refractivity contribution in [1.29, 1.82) is 0 Å². The lowest BCUT2D eigenvalue weighted by Crippen LogP contribution is -2.11. The van der Waals surface area contributed by atoms with Crippen molar-refractivity contribution in [2.24, 2.45) is 5.92 Å². The van der Waals surface area contributed by atoms with E-state index < -0.39 is 10.8 Å². The Morgan fingerprint density at radius 1 is 1.50 bits per heavy atom. The molecule has 6 heteroatoms. The molecule has 0 saturated carbocycles. The Bertz CT molecular complexity index is 590. The fourth-order valence-electron chi connectivity index (χ4n) is 2.02. The van der Waals surface area contributed by atoms with Crippen LogP contribution in [0.5, 0.6) is 0 Å². The van der Waals surface area contributed by atoms with Crippen molar-refractivity contribution in [2.45, 2.75) is 11.6 Å². The van der Waals surface area contributed by atoms with E-state index in [0.717, 1.165) is 13.0 Å². The molecule has 2 unspecified atom stereocenters. The Morgan fingerprint density at radius 3 is 3.17 bits per heavy atom. The van der Waals surface area contributed by atoms with E-state index in [1.165, 1.54) is 0 Å². The number of benzene rings is 1. The highest BCUT2D eigenvalue weighted by molar-refractivity contribution is 7.84. The maximum atomic E-state index is 12.1. The Kier molecular flexibility index (Phi) is 3.05. The molecule has 0 aliphatic carbocycles. The molecule has 2 atom stereocenters. The molecule has 0 spiro atoms. The quantitative estimate of drug-likeness (QED) is 0.853. The van der Waals surface area contributed by atoms with Crippen LogP contribution in [-0.4, -0.2) is 28.2 Å². The molecule has 1 aromatic carbocycles. The minimum atomic E-state index is -1.21. The van der Waals surface area contributed by atoms with E-state index in [-0.39, 0.29) is 5.22 Å². The third-order valence-corrected chi connectivity index (χ3v) is 4.34. The number of oxazole rings is 1. The summed E-state index contributed by atoms with van der Waals surface area (Å²) >= 11 is 0. The molecule has 1 aliphatic rings. The second-order valence-corrected chi connectivity index (χ2v) is 5.82. The van der Waals surface area contributed by atoms with Crippen molar-refractivity contribution in [1.82, 2.24) is 4.98 Å². The summed E-state index contributed by atoms with van der Waals surface area (Å²) < 4.78 is 22.9. The highest BCUT2D eigenvalue weighted by Gasteiger charge is 2.22. The maximum Gasteiger partial charge on any atom is 0.287 e. The van der Waals surface area contributed by atoms with Gasteiger partial charge in [0.2, 0.25) is 0 Å². The van der Waals surface area contributed by atoms with Crippen molar-refractivity contribution < 1.29 is 13.4 Å². The lowest BCUT2D eigenvalue weighted by molar-refractivity contribution is 0.188. The van der Waals surface area contributed by atoms with Crippen molar-refractivity contribution in [2.75, 3.05) is 24.7 Å². The number of nitrogen functional groups attached to an aromatic ring is 1. The zero-order chi connectivity index (χ0) is 12.5. The molecular weight excluding hydrogens is 252 g/mol. The Labute approximate surface area is 107 Å². The number of hydrogen-bond donors (Lipinski definition) is 1. The van der Waals surface area contributed by atoms with Gasteiger partial charge in [0.1, 0.15) is 16.3 Å². The molecule has 1 saturated heterocycles. The zero-order valence-corrected chi connectivity index (χ0v) is 10.6. The van der Waals surface area contributed by atoms with Gasteiger partial charge in [-0.05, 0) is 30.5 Å². The molecule has 2 N–H and O–H groups in total. The second kappa shape index (κ2) is 4.70. The molecule has 1 aromatic heterocycles. The Hall–Kier alpha value is -1.40. The van der Waals surface area contributed by atoms with Crippen LogP contribution in [0, 0.1) is 5.92 Å². The van der Waals surface area contributed by atoms with Crippen LogP contribution in [0.2, 0.25) is 0 Å². The van der Waals surface area contributed by atoms with E-state index in [1.54, 1.807) is 18.2 Å². The number of aromatic nitrogens is 1. The number of ether oxygens (including phenoxy) is 1. The number of rotatable bonds is 3. The van der Waals surface area contributed by atoms with Crippen LogP contribution in [0.1, 0.15) is 6.42 Å². The fourth-order valence-corrected chi connectivity index (χ4v) is 3.24. The van der Waals surface area contributed by atoms with Crippen molar-refractivity contribution >= 4 is 27.6 Å². The van der Waals surface area contributed by atoms with Crippen molar-refractivity contribution in [3.63, 3.8) is 0 Å². The highest BCUT2D eigenvalue weighted by Crippen LogP contribution is 2.22. The Morgan fingerprint density at radius 2 is 2.39 bits per heavy atom. The predicted molar refractivity (Wildman–Crippen MR) is 68.6 cm³/mol. The normalized spacial score (nSPS) is 21.4. The molecule has 96 valence electrons. The van der Waals surface area contributed by atoms with E-state index in [0.29, 0.717) is 35.1 Å². The number of anilines is 1. The molecule has 0 radical (unpaired) electrons. The van der Waals surface area contributed by atoms with Gasteiger partial charge in [-0.2, -0.15) is 0 Å². The molecule has 1 fully saturated rings. The molecule has 0 amide bonds. The summed E-state index contributed by atoms with van der Waals surface area (Å²) in [5.74, 6) is 0.883. The van der Waals surface area contributed by atoms with E-state index in [2.05, 4.69) is 4.98 Å². The molecule has 0 bridgehead atoms. The maximum absolute atomic E-state index is 12.1. The first-order valence-corrected chi connectivity index (χ1v) is 7.16. The van der Waals surface area contributed by atoms with E-state index >= 15 is 0 Å². The molecule has 18 heavy (non-hydrogen) atoms. The molecule has 5 nitrogen and oxygen atoms in total. The number of nitrogens with zero attached hydrogens (tertiary/aromatic N) is 1. The molecule has 1 aliphatic heterocycles. The van der Waals surface area contributed by atoms with E-state index in [1.807, 2.05) is 0 Å². The van der Waals surface area contributed by atoms with Crippen LogP contribution >= 0.6 is 0 Å². The van der Waals surface area contributed by atoms with Crippen LogP contribution in [-0.2, 0) is 15.5 Å². The van der Waals surface area contributed by atoms with Crippen LogP contribution in [0.4, 0.5) is 5.69 Å². The standard InChI is InChI=1S/C12H14N2O3S/c13-9-1-2-11-10(5-9)14-12(17-11)18(15)7-8-3-4-16-6-8/h1-2,5,8H,3-4,6-7,13H2. The third-order valence-electron chi connectivity index (χ3n) is 3.00. The molecule has 3 rings (SSSR count). The average molecular weight is 266 g/mol. The van der Waals surface area contributed by atoms with Gasteiger partial charge in [-0.1, -0.05) is 0 Å². The summed E-state index contributed by atoms with van der Waals surface area (Å²) in [6, 6.07) is 5.21. The minimum absolute atomic E-state index is 0.280. The van der Waals surface area contributed by atoms with Crippen molar-refractivity contribution in [3.8, 4) is 0 Å². The number of fused-ring (bicyclic) bond motifs is 1. The van der Waals surface area contributed by atoms with Crippen LogP contribution in [0.25, 0.3) is 11.1 Å². The van der Waals surface area contributed by atoms with Crippen LogP contribution in [0.3, 0.4) is 0 Å². The monoisotopic (exact) mass is 266 g/mol. The van der Waals surface area contributed by atoms with Gasteiger partial charge in [-0.25, -0.2) is 9.19 Å². The summed E-state index contributed by atoms with van der Waals surface area (Å²) in [4.78, 5) is 4.23. The molecular formula is C12H14N2O3S. The van der Waals surface area contributed by atoms with Gasteiger partial charge < -0.3 is 14.9 Å².